The van der Waals surface area contributed by atoms with Crippen molar-refractivity contribution in [3.8, 4) is 0 Å². The average molecular weight is 249 g/mol. The maximum absolute atomic E-state index is 12.5. The van der Waals surface area contributed by atoms with Gasteiger partial charge in [0.2, 0.25) is 5.91 Å². The Kier molecular flexibility index (Phi) is 2.88. The lowest BCUT2D eigenvalue weighted by Crippen LogP contribution is -2.42. The lowest BCUT2D eigenvalue weighted by Gasteiger charge is -2.27. The largest absolute Gasteiger partial charge is 0.480 e. The lowest BCUT2D eigenvalue weighted by molar-refractivity contribution is -0.146. The minimum atomic E-state index is -0.900. The monoisotopic (exact) mass is 249 g/mol. The number of amides is 1. The van der Waals surface area contributed by atoms with E-state index in [2.05, 4.69) is 12.2 Å². The third-order valence-corrected chi connectivity index (χ3v) is 4.41. The maximum atomic E-state index is 12.5. The van der Waals surface area contributed by atoms with Crippen LogP contribution in [0.5, 0.6) is 0 Å². The molecule has 3 unspecified atom stereocenters. The minimum absolute atomic E-state index is 0.0399. The summed E-state index contributed by atoms with van der Waals surface area (Å²) in [4.78, 5) is 24.9. The molecule has 2 bridgehead atoms. The molecule has 0 spiro atoms. The van der Waals surface area contributed by atoms with Gasteiger partial charge in [-0.05, 0) is 43.4 Å². The molecule has 0 aromatic heterocycles. The van der Waals surface area contributed by atoms with Crippen molar-refractivity contribution in [1.82, 2.24) is 4.90 Å². The van der Waals surface area contributed by atoms with Crippen molar-refractivity contribution in [2.24, 2.45) is 23.7 Å². The Hall–Kier alpha value is -1.32. The number of rotatable bonds is 5. The zero-order chi connectivity index (χ0) is 12.7. The highest BCUT2D eigenvalue weighted by Gasteiger charge is 2.42. The predicted molar refractivity (Wildman–Crippen MR) is 65.8 cm³/mol. The molecule has 3 aliphatic rings. The van der Waals surface area contributed by atoms with Crippen molar-refractivity contribution in [2.75, 3.05) is 13.1 Å². The van der Waals surface area contributed by atoms with Gasteiger partial charge in [-0.2, -0.15) is 0 Å². The molecule has 98 valence electrons. The molecular formula is C14H19NO3. The number of nitrogens with zero attached hydrogens (tertiary/aromatic N) is 1. The van der Waals surface area contributed by atoms with E-state index in [0.29, 0.717) is 24.3 Å². The second-order valence-electron chi connectivity index (χ2n) is 5.94. The molecular weight excluding hydrogens is 230 g/mol. The summed E-state index contributed by atoms with van der Waals surface area (Å²) in [5.74, 6) is 0.666. The van der Waals surface area contributed by atoms with Gasteiger partial charge in [-0.1, -0.05) is 12.2 Å². The molecule has 2 fully saturated rings. The molecule has 1 N–H and O–H groups in total. The van der Waals surface area contributed by atoms with E-state index in [1.807, 2.05) is 0 Å². The van der Waals surface area contributed by atoms with Gasteiger partial charge in [0.05, 0.1) is 0 Å². The van der Waals surface area contributed by atoms with Crippen LogP contribution in [0, 0.1) is 23.7 Å². The molecule has 3 rings (SSSR count). The fourth-order valence-electron chi connectivity index (χ4n) is 3.31. The summed E-state index contributed by atoms with van der Waals surface area (Å²) >= 11 is 0. The molecule has 0 radical (unpaired) electrons. The fraction of sp³-hybridized carbons (Fsp3) is 0.714. The number of carbonyl (C=O) groups is 2. The van der Waals surface area contributed by atoms with Crippen LogP contribution in [0.25, 0.3) is 0 Å². The van der Waals surface area contributed by atoms with Crippen LogP contribution in [0.15, 0.2) is 12.2 Å². The number of allylic oxidation sites excluding steroid dienone is 2. The van der Waals surface area contributed by atoms with Crippen molar-refractivity contribution in [3.05, 3.63) is 12.2 Å². The van der Waals surface area contributed by atoms with E-state index < -0.39 is 5.97 Å². The number of fused-ring (bicyclic) bond motifs is 2. The quantitative estimate of drug-likeness (QED) is 0.752. The Balaban J connectivity index is 1.66. The Labute approximate surface area is 107 Å². The minimum Gasteiger partial charge on any atom is -0.480 e. The second-order valence-corrected chi connectivity index (χ2v) is 5.94. The van der Waals surface area contributed by atoms with Crippen LogP contribution in [0.4, 0.5) is 0 Å². The standard InChI is InChI=1S/C14H19NO3/c16-13(17)8-15(7-9-1-2-9)14(18)12-6-10-3-4-11(12)5-10/h3-4,9-12H,1-2,5-8H2,(H,16,17). The zero-order valence-corrected chi connectivity index (χ0v) is 10.4. The van der Waals surface area contributed by atoms with Gasteiger partial charge in [0.25, 0.3) is 0 Å². The highest BCUT2D eigenvalue weighted by Crippen LogP contribution is 2.44. The zero-order valence-electron chi connectivity index (χ0n) is 10.4. The second kappa shape index (κ2) is 4.41. The number of hydrogen-bond acceptors (Lipinski definition) is 2. The van der Waals surface area contributed by atoms with E-state index in [0.717, 1.165) is 25.7 Å². The van der Waals surface area contributed by atoms with Gasteiger partial charge in [-0.15, -0.1) is 0 Å². The predicted octanol–water partition coefficient (Wildman–Crippen LogP) is 1.52. The van der Waals surface area contributed by atoms with Gasteiger partial charge in [0, 0.05) is 12.5 Å². The van der Waals surface area contributed by atoms with Crippen LogP contribution in [-0.2, 0) is 9.59 Å². The van der Waals surface area contributed by atoms with E-state index >= 15 is 0 Å². The lowest BCUT2D eigenvalue weighted by atomic mass is 9.92. The first kappa shape index (κ1) is 11.8. The van der Waals surface area contributed by atoms with Gasteiger partial charge in [-0.3, -0.25) is 9.59 Å². The molecule has 0 aromatic carbocycles. The summed E-state index contributed by atoms with van der Waals surface area (Å²) in [6.07, 6.45) is 8.63. The molecule has 4 heteroatoms. The Morgan fingerprint density at radius 1 is 1.22 bits per heavy atom. The van der Waals surface area contributed by atoms with E-state index in [4.69, 9.17) is 5.11 Å². The van der Waals surface area contributed by atoms with Gasteiger partial charge < -0.3 is 10.0 Å². The molecule has 1 amide bonds. The van der Waals surface area contributed by atoms with Crippen molar-refractivity contribution >= 4 is 11.9 Å². The van der Waals surface area contributed by atoms with Crippen molar-refractivity contribution < 1.29 is 14.7 Å². The highest BCUT2D eigenvalue weighted by atomic mass is 16.4. The number of carboxylic acids is 1. The van der Waals surface area contributed by atoms with Gasteiger partial charge in [-0.25, -0.2) is 0 Å². The van der Waals surface area contributed by atoms with Crippen molar-refractivity contribution in [1.29, 1.82) is 0 Å². The summed E-state index contributed by atoms with van der Waals surface area (Å²) in [7, 11) is 0. The van der Waals surface area contributed by atoms with Gasteiger partial charge >= 0.3 is 5.97 Å². The van der Waals surface area contributed by atoms with Crippen LogP contribution >= 0.6 is 0 Å². The third-order valence-electron chi connectivity index (χ3n) is 4.41. The molecule has 0 aromatic rings. The highest BCUT2D eigenvalue weighted by molar-refractivity contribution is 5.84. The molecule has 4 nitrogen and oxygen atoms in total. The SMILES string of the molecule is O=C(O)CN(CC1CC1)C(=O)C1CC2C=CC1C2. The normalized spacial score (nSPS) is 32.8. The molecule has 3 atom stereocenters. The molecule has 18 heavy (non-hydrogen) atoms. The Morgan fingerprint density at radius 3 is 2.50 bits per heavy atom. The number of aliphatic carboxylic acids is 1. The summed E-state index contributed by atoms with van der Waals surface area (Å²) in [6, 6.07) is 0. The van der Waals surface area contributed by atoms with E-state index in [1.54, 1.807) is 4.90 Å². The molecule has 0 saturated heterocycles. The molecule has 2 saturated carbocycles. The first-order valence-corrected chi connectivity index (χ1v) is 6.82. The van der Waals surface area contributed by atoms with Crippen molar-refractivity contribution in [2.45, 2.75) is 25.7 Å². The van der Waals surface area contributed by atoms with E-state index in [1.165, 1.54) is 0 Å². The number of hydrogen-bond donors (Lipinski definition) is 1. The smallest absolute Gasteiger partial charge is 0.323 e. The van der Waals surface area contributed by atoms with E-state index in [-0.39, 0.29) is 18.4 Å². The van der Waals surface area contributed by atoms with Crippen molar-refractivity contribution in [3.63, 3.8) is 0 Å². The Morgan fingerprint density at radius 2 is 2.00 bits per heavy atom. The van der Waals surface area contributed by atoms with Crippen LogP contribution in [0.2, 0.25) is 0 Å². The van der Waals surface area contributed by atoms with Gasteiger partial charge in [0.15, 0.2) is 0 Å². The van der Waals surface area contributed by atoms with Gasteiger partial charge in [0.1, 0.15) is 6.54 Å². The van der Waals surface area contributed by atoms with Crippen LogP contribution in [-0.4, -0.2) is 35.0 Å². The maximum Gasteiger partial charge on any atom is 0.323 e. The fourth-order valence-corrected chi connectivity index (χ4v) is 3.31. The first-order chi connectivity index (χ1) is 8.63. The van der Waals surface area contributed by atoms with E-state index in [9.17, 15) is 9.59 Å². The Bertz CT molecular complexity index is 400. The topological polar surface area (TPSA) is 57.6 Å². The number of carbonyl (C=O) groups excluding carboxylic acids is 1. The number of carboxylic acid groups (broad SMARTS) is 1. The third kappa shape index (κ3) is 2.28. The van der Waals surface area contributed by atoms with Crippen LogP contribution in [0.3, 0.4) is 0 Å². The van der Waals surface area contributed by atoms with Crippen LogP contribution in [0.1, 0.15) is 25.7 Å². The molecule has 0 heterocycles. The summed E-state index contributed by atoms with van der Waals surface area (Å²) in [6.45, 7) is 0.510. The molecule has 0 aliphatic heterocycles. The first-order valence-electron chi connectivity index (χ1n) is 6.82. The van der Waals surface area contributed by atoms with Crippen LogP contribution < -0.4 is 0 Å². The average Bonchev–Trinajstić information content (AvgIpc) is 2.90. The summed E-state index contributed by atoms with van der Waals surface area (Å²) in [5, 5.41) is 8.93. The summed E-state index contributed by atoms with van der Waals surface area (Å²) in [5.41, 5.74) is 0. The molecule has 3 aliphatic carbocycles. The summed E-state index contributed by atoms with van der Waals surface area (Å²) < 4.78 is 0.